The Kier molecular flexibility index (Phi) is 35.2. The van der Waals surface area contributed by atoms with E-state index in [0.717, 1.165) is 16.7 Å². The molecule has 1 aromatic heterocycles. The van der Waals surface area contributed by atoms with Crippen LogP contribution in [-0.4, -0.2) is 218 Å². The predicted molar refractivity (Wildman–Crippen MR) is 436 cm³/mol. The van der Waals surface area contributed by atoms with Crippen LogP contribution in [0, 0.1) is 23.7 Å². The molecule has 0 aliphatic carbocycles. The number of rotatable bonds is 21. The number of phenols is 3. The van der Waals surface area contributed by atoms with E-state index in [9.17, 15) is 73.2 Å². The topological polar surface area (TPSA) is 509 Å². The van der Waals surface area contributed by atoms with Gasteiger partial charge in [0.15, 0.2) is 0 Å². The monoisotopic (exact) mass is 1640 g/mol. The molecule has 34 heteroatoms. The lowest BCUT2D eigenvalue weighted by atomic mass is 9.96. The van der Waals surface area contributed by atoms with Crippen LogP contribution < -0.4 is 69.5 Å². The Bertz CT molecular complexity index is 4430. The lowest BCUT2D eigenvalue weighted by Gasteiger charge is -2.33. The molecule has 2 heterocycles. The summed E-state index contributed by atoms with van der Waals surface area (Å²) in [5, 5.41) is 73.9. The molecule has 1 fully saturated rings. The van der Waals surface area contributed by atoms with E-state index in [1.807, 2.05) is 0 Å². The van der Waals surface area contributed by atoms with Gasteiger partial charge >= 0.3 is 0 Å². The van der Waals surface area contributed by atoms with Gasteiger partial charge < -0.3 is 99.8 Å². The number of para-hydroxylation sites is 1. The molecule has 0 spiro atoms. The molecule has 12 atom stereocenters. The van der Waals surface area contributed by atoms with E-state index in [1.165, 1.54) is 79.8 Å². The van der Waals surface area contributed by atoms with Crippen molar-refractivity contribution in [3.05, 3.63) is 161 Å². The summed E-state index contributed by atoms with van der Waals surface area (Å²) in [4.78, 5) is 208. The number of primary amides is 1. The lowest BCUT2D eigenvalue weighted by Crippen LogP contribution is -2.61. The first-order chi connectivity index (χ1) is 55.6. The zero-order chi connectivity index (χ0) is 85.7. The maximum Gasteiger partial charge on any atom is 0.245 e. The number of nitrogens with zero attached hydrogens (tertiary/aromatic N) is 1. The molecule has 7 rings (SSSR count). The minimum Gasteiger partial charge on any atom is -0.508 e. The van der Waals surface area contributed by atoms with Gasteiger partial charge in [0.25, 0.3) is 0 Å². The van der Waals surface area contributed by atoms with Crippen LogP contribution in [0.1, 0.15) is 102 Å². The third-order valence-corrected chi connectivity index (χ3v) is 20.7. The molecule has 1 aliphatic heterocycles. The third kappa shape index (κ3) is 28.7. The zero-order valence-electron chi connectivity index (χ0n) is 67.0. The number of hydrogen-bond acceptors (Lipinski definition) is 19. The first-order valence-corrected chi connectivity index (χ1v) is 40.0. The highest BCUT2D eigenvalue weighted by atomic mass is 32.2. The summed E-state index contributed by atoms with van der Waals surface area (Å²) in [6.45, 7) is 11.1. The number of nitrogens with two attached hydrogens (primary N) is 1. The molecule has 1 aliphatic rings. The van der Waals surface area contributed by atoms with Crippen molar-refractivity contribution in [3.63, 3.8) is 0 Å². The Morgan fingerprint density at radius 3 is 1.45 bits per heavy atom. The smallest absolute Gasteiger partial charge is 0.245 e. The number of aliphatic hydroxyl groups excluding tert-OH is 1. The number of aromatic amines is 1. The summed E-state index contributed by atoms with van der Waals surface area (Å²) in [7, 11) is 1.32. The standard InChI is InChI=1S/C83H109N15O18S/c1-10-48(8)72-82(115)92-61(34-50-20-26-54(100)27-21-50)76(109)89-60(33-46(4)5)79(112)97-71(47(6)7)81(114)91-62(35-51-22-28-55(101)29-23-51)77(110)94-65(42-99)73(106)87-41-69(104)88-63(38-53-39-85-58-19-15-14-18-57(53)58)78(111)93-64(36-52-24-30-56(102)31-25-52)83(116)98(9)67(37-49-16-12-11-13-17-49)80(113)90-59(32-45(2)3)75(108)95-66(43-117-44-70(105)96-72)74(107)86-40-68(84)103/h11-31,39,45-48,59-67,71-72,85,99-102H,10,32-38,40-44H2,1-9H3,(H2,84,103)(H,86,107)(H,87,106)(H,88,104)(H,89,109)(H,90,113)(H,91,114)(H,92,115)(H,93,111)(H,94,110)(H,95,108)(H,96,105)(H,97,112)/t48-,59-,60-,61-,62-,63-,64-,65-,66-,67-,71-,72-/m0/s1. The normalized spacial score (nSPS) is 22.7. The molecule has 6 aromatic rings. The molecule has 14 amide bonds. The fourth-order valence-corrected chi connectivity index (χ4v) is 13.9. The van der Waals surface area contributed by atoms with Crippen molar-refractivity contribution >= 4 is 105 Å². The van der Waals surface area contributed by atoms with E-state index in [2.05, 4.69) is 68.8 Å². The second-order valence-corrected chi connectivity index (χ2v) is 31.4. The van der Waals surface area contributed by atoms with E-state index >= 15 is 14.4 Å². The van der Waals surface area contributed by atoms with Crippen molar-refractivity contribution in [1.29, 1.82) is 0 Å². The number of carbonyl (C=O) groups excluding carboxylic acids is 14. The van der Waals surface area contributed by atoms with Crippen molar-refractivity contribution in [3.8, 4) is 17.2 Å². The molecule has 0 saturated carbocycles. The average Bonchev–Trinajstić information content (AvgIpc) is 1.71. The Labute approximate surface area is 682 Å². The highest BCUT2D eigenvalue weighted by Crippen LogP contribution is 2.23. The lowest BCUT2D eigenvalue weighted by molar-refractivity contribution is -0.143. The van der Waals surface area contributed by atoms with Crippen LogP contribution in [0.5, 0.6) is 17.2 Å². The number of H-pyrrole nitrogens is 1. The van der Waals surface area contributed by atoms with Crippen molar-refractivity contribution < 1.29 is 87.5 Å². The zero-order valence-corrected chi connectivity index (χ0v) is 67.8. The summed E-state index contributed by atoms with van der Waals surface area (Å²) in [6, 6.07) is 16.0. The molecule has 0 bridgehead atoms. The fourth-order valence-electron chi connectivity index (χ4n) is 13.1. The maximum absolute atomic E-state index is 15.6. The molecular formula is C83H109N15O18S. The SMILES string of the molecule is CC[C@H](C)[C@@H]1NC(=O)CSC[C@@H](C(=O)NCC(N)=O)NC(=O)[C@H](CC(C)C)NC(=O)[C@H](Cc2ccccc2)N(C)C(=O)[C@H](Cc2ccc(O)cc2)NC(=O)[C@H](Cc2c[nH]c3ccccc23)NC(=O)CNC(=O)[C@H](CO)NC(=O)[C@H](Cc2ccc(O)cc2)NC(=O)[C@H](C(C)C)NC(=O)[C@H](CC(C)C)NC(=O)[C@H](Cc2ccc(O)cc2)NC1=O. The number of phenolic OH excluding ortho intramolecular Hbond substituents is 3. The van der Waals surface area contributed by atoms with Gasteiger partial charge in [-0.1, -0.05) is 147 Å². The number of aliphatic hydroxyl groups is 1. The number of nitrogens with one attached hydrogen (secondary N) is 13. The molecule has 33 nitrogen and oxygen atoms in total. The summed E-state index contributed by atoms with van der Waals surface area (Å²) in [5.41, 5.74) is 8.39. The van der Waals surface area contributed by atoms with Crippen molar-refractivity contribution in [2.24, 2.45) is 29.4 Å². The van der Waals surface area contributed by atoms with E-state index in [4.69, 9.17) is 5.73 Å². The van der Waals surface area contributed by atoms with Gasteiger partial charge in [-0.25, -0.2) is 0 Å². The summed E-state index contributed by atoms with van der Waals surface area (Å²) >= 11 is 0.840. The number of fused-ring (bicyclic) bond motifs is 1. The maximum atomic E-state index is 15.6. The molecule has 1 saturated heterocycles. The predicted octanol–water partition coefficient (Wildman–Crippen LogP) is 0.724. The van der Waals surface area contributed by atoms with Gasteiger partial charge in [-0.3, -0.25) is 67.1 Å². The van der Waals surface area contributed by atoms with Crippen molar-refractivity contribution in [1.82, 2.24) is 73.7 Å². The number of thioether (sulfide) groups is 1. The number of aromatic hydroxyl groups is 3. The number of amides is 14. The Morgan fingerprint density at radius 2 is 0.940 bits per heavy atom. The number of aromatic nitrogens is 1. The first kappa shape index (κ1) is 92.1. The van der Waals surface area contributed by atoms with Gasteiger partial charge in [0, 0.05) is 62.0 Å². The van der Waals surface area contributed by atoms with Crippen LogP contribution in [0.25, 0.3) is 10.9 Å². The number of likely N-dealkylation sites (N-methyl/N-ethyl adjacent to an activating group) is 1. The van der Waals surface area contributed by atoms with E-state index in [1.54, 1.807) is 116 Å². The molecule has 117 heavy (non-hydrogen) atoms. The van der Waals surface area contributed by atoms with Gasteiger partial charge in [0.1, 0.15) is 83.7 Å². The largest absolute Gasteiger partial charge is 0.508 e. The van der Waals surface area contributed by atoms with Crippen LogP contribution >= 0.6 is 11.8 Å². The van der Waals surface area contributed by atoms with Crippen LogP contribution in [0.3, 0.4) is 0 Å². The highest BCUT2D eigenvalue weighted by molar-refractivity contribution is 8.00. The second-order valence-electron chi connectivity index (χ2n) is 30.4. The van der Waals surface area contributed by atoms with Crippen LogP contribution in [0.15, 0.2) is 134 Å². The quantitative estimate of drug-likeness (QED) is 0.0472. The number of hydrogen-bond donors (Lipinski definition) is 18. The minimum absolute atomic E-state index is 0.0301. The van der Waals surface area contributed by atoms with E-state index in [0.29, 0.717) is 45.1 Å². The van der Waals surface area contributed by atoms with Gasteiger partial charge in [0.05, 0.1) is 25.4 Å². The molecule has 630 valence electrons. The molecule has 19 N–H and O–H groups in total. The minimum atomic E-state index is -1.82. The molecule has 5 aromatic carbocycles. The van der Waals surface area contributed by atoms with Gasteiger partial charge in [0.2, 0.25) is 82.7 Å². The second kappa shape index (κ2) is 44.7. The van der Waals surface area contributed by atoms with Crippen molar-refractivity contribution in [2.75, 3.05) is 38.2 Å². The van der Waals surface area contributed by atoms with Crippen LogP contribution in [0.4, 0.5) is 0 Å². The Morgan fingerprint density at radius 1 is 0.487 bits per heavy atom. The van der Waals surface area contributed by atoms with E-state index < -0.39 is 186 Å². The molecule has 0 unspecified atom stereocenters. The van der Waals surface area contributed by atoms with Crippen LogP contribution in [0.2, 0.25) is 0 Å². The third-order valence-electron chi connectivity index (χ3n) is 19.7. The van der Waals surface area contributed by atoms with Gasteiger partial charge in [-0.05, 0) is 107 Å². The Hall–Kier alpha value is -12.1. The van der Waals surface area contributed by atoms with Gasteiger partial charge in [-0.15, -0.1) is 11.8 Å². The number of carbonyl (C=O) groups is 14. The fraction of sp³-hybridized carbons (Fsp3) is 0.446. The number of benzene rings is 5. The summed E-state index contributed by atoms with van der Waals surface area (Å²) < 4.78 is 0. The molecule has 0 radical (unpaired) electrons. The Balaban J connectivity index is 1.30. The van der Waals surface area contributed by atoms with Crippen molar-refractivity contribution in [2.45, 2.75) is 173 Å². The van der Waals surface area contributed by atoms with E-state index in [-0.39, 0.29) is 79.8 Å². The summed E-state index contributed by atoms with van der Waals surface area (Å²) in [5.74, 6) is -16.0. The summed E-state index contributed by atoms with van der Waals surface area (Å²) in [6.07, 6.45) is 0.593. The first-order valence-electron chi connectivity index (χ1n) is 38.8. The van der Waals surface area contributed by atoms with Crippen LogP contribution in [-0.2, 0) is 99.2 Å². The average molecular weight is 1640 g/mol. The highest BCUT2D eigenvalue weighted by Gasteiger charge is 2.40. The molecular weight excluding hydrogens is 1530 g/mol. The van der Waals surface area contributed by atoms with Gasteiger partial charge in [-0.2, -0.15) is 0 Å².